The number of anilines is 1. The van der Waals surface area contributed by atoms with E-state index < -0.39 is 0 Å². The van der Waals surface area contributed by atoms with Crippen molar-refractivity contribution in [3.63, 3.8) is 0 Å². The number of carbonyl (C=O) groups excluding carboxylic acids is 1. The highest BCUT2D eigenvalue weighted by molar-refractivity contribution is 8.00. The number of fused-ring (bicyclic) bond motifs is 1. The third-order valence-corrected chi connectivity index (χ3v) is 5.73. The number of benzene rings is 3. The topological polar surface area (TPSA) is 64.1 Å². The minimum absolute atomic E-state index is 0.0596. The molecule has 0 spiro atoms. The molecule has 0 fully saturated rings. The third kappa shape index (κ3) is 5.41. The van der Waals surface area contributed by atoms with Crippen molar-refractivity contribution in [2.24, 2.45) is 0 Å². The van der Waals surface area contributed by atoms with Crippen molar-refractivity contribution in [2.45, 2.75) is 25.0 Å². The van der Waals surface area contributed by atoms with Gasteiger partial charge < -0.3 is 10.1 Å². The number of rotatable bonds is 8. The number of hydrogen-bond donors (Lipinski definition) is 1. The predicted molar refractivity (Wildman–Crippen MR) is 125 cm³/mol. The zero-order chi connectivity index (χ0) is 21.5. The first kappa shape index (κ1) is 20.9. The number of nitrogens with one attached hydrogen (secondary N) is 1. The summed E-state index contributed by atoms with van der Waals surface area (Å²) in [7, 11) is 0. The smallest absolute Gasteiger partial charge is 0.234 e. The van der Waals surface area contributed by atoms with Crippen LogP contribution in [-0.2, 0) is 17.8 Å². The molecule has 0 aliphatic carbocycles. The molecule has 0 aliphatic rings. The van der Waals surface area contributed by atoms with Crippen LogP contribution in [0.4, 0.5) is 5.69 Å². The summed E-state index contributed by atoms with van der Waals surface area (Å²) < 4.78 is 5.81. The Morgan fingerprint density at radius 1 is 0.935 bits per heavy atom. The standard InChI is InChI=1S/C25H23N3O2S/c1-2-18-10-6-8-14-21(18)27-24(29)17-31-25-20-13-7-9-15-22(20)26-23(28-25)16-30-19-11-4-3-5-12-19/h3-15H,2,16-17H2,1H3,(H,27,29). The Labute approximate surface area is 185 Å². The lowest BCUT2D eigenvalue weighted by atomic mass is 10.1. The molecule has 0 saturated carbocycles. The molecule has 1 N–H and O–H groups in total. The number of carbonyl (C=O) groups is 1. The van der Waals surface area contributed by atoms with E-state index in [0.29, 0.717) is 5.82 Å². The van der Waals surface area contributed by atoms with Crippen LogP contribution in [0.1, 0.15) is 18.3 Å². The van der Waals surface area contributed by atoms with Crippen LogP contribution in [0.15, 0.2) is 83.9 Å². The van der Waals surface area contributed by atoms with Crippen molar-refractivity contribution in [3.05, 3.63) is 90.3 Å². The number of thioether (sulfide) groups is 1. The fourth-order valence-corrected chi connectivity index (χ4v) is 4.04. The van der Waals surface area contributed by atoms with Gasteiger partial charge in [-0.2, -0.15) is 0 Å². The van der Waals surface area contributed by atoms with E-state index >= 15 is 0 Å². The van der Waals surface area contributed by atoms with Crippen LogP contribution in [0.5, 0.6) is 5.75 Å². The highest BCUT2D eigenvalue weighted by atomic mass is 32.2. The van der Waals surface area contributed by atoms with Crippen LogP contribution in [0.3, 0.4) is 0 Å². The fraction of sp³-hybridized carbons (Fsp3) is 0.160. The zero-order valence-corrected chi connectivity index (χ0v) is 18.1. The van der Waals surface area contributed by atoms with E-state index in [1.807, 2.05) is 78.9 Å². The third-order valence-electron chi connectivity index (χ3n) is 4.74. The summed E-state index contributed by atoms with van der Waals surface area (Å²) in [5.41, 5.74) is 2.82. The van der Waals surface area contributed by atoms with Crippen LogP contribution in [0.25, 0.3) is 10.9 Å². The van der Waals surface area contributed by atoms with Gasteiger partial charge in [-0.25, -0.2) is 9.97 Å². The molecule has 0 bridgehead atoms. The van der Waals surface area contributed by atoms with Gasteiger partial charge in [0.2, 0.25) is 5.91 Å². The van der Waals surface area contributed by atoms with Crippen molar-refractivity contribution in [2.75, 3.05) is 11.1 Å². The number of nitrogens with zero attached hydrogens (tertiary/aromatic N) is 2. The predicted octanol–water partition coefficient (Wildman–Crippen LogP) is 5.50. The molecule has 4 aromatic rings. The van der Waals surface area contributed by atoms with Crippen LogP contribution in [0.2, 0.25) is 0 Å². The Hall–Kier alpha value is -3.38. The second-order valence-corrected chi connectivity index (χ2v) is 7.88. The number of amides is 1. The van der Waals surface area contributed by atoms with Gasteiger partial charge in [0.15, 0.2) is 5.82 Å². The second-order valence-electron chi connectivity index (χ2n) is 6.91. The summed E-state index contributed by atoms with van der Waals surface area (Å²) in [5.74, 6) is 1.55. The number of aryl methyl sites for hydroxylation is 1. The van der Waals surface area contributed by atoms with Gasteiger partial charge in [-0.3, -0.25) is 4.79 Å². The SMILES string of the molecule is CCc1ccccc1NC(=O)CSc1nc(COc2ccccc2)nc2ccccc12. The molecule has 0 unspecified atom stereocenters. The van der Waals surface area contributed by atoms with E-state index in [4.69, 9.17) is 4.74 Å². The molecule has 1 amide bonds. The molecule has 0 aliphatic heterocycles. The average Bonchev–Trinajstić information content (AvgIpc) is 2.82. The summed E-state index contributed by atoms with van der Waals surface area (Å²) in [6.07, 6.45) is 0.866. The van der Waals surface area contributed by atoms with Gasteiger partial charge in [-0.15, -0.1) is 0 Å². The molecule has 31 heavy (non-hydrogen) atoms. The Morgan fingerprint density at radius 3 is 2.52 bits per heavy atom. The molecule has 1 aromatic heterocycles. The summed E-state index contributed by atoms with van der Waals surface area (Å²) in [5, 5.41) is 4.72. The van der Waals surface area contributed by atoms with Crippen molar-refractivity contribution in [1.82, 2.24) is 9.97 Å². The zero-order valence-electron chi connectivity index (χ0n) is 17.2. The maximum atomic E-state index is 12.6. The Balaban J connectivity index is 1.48. The molecule has 3 aromatic carbocycles. The Bertz CT molecular complexity index is 1180. The Kier molecular flexibility index (Phi) is 6.79. The highest BCUT2D eigenvalue weighted by Gasteiger charge is 2.12. The minimum Gasteiger partial charge on any atom is -0.486 e. The minimum atomic E-state index is -0.0596. The maximum Gasteiger partial charge on any atom is 0.234 e. The highest BCUT2D eigenvalue weighted by Crippen LogP contribution is 2.26. The van der Waals surface area contributed by atoms with E-state index in [1.165, 1.54) is 11.8 Å². The van der Waals surface area contributed by atoms with Crippen LogP contribution in [-0.4, -0.2) is 21.6 Å². The molecular weight excluding hydrogens is 406 g/mol. The van der Waals surface area contributed by atoms with Crippen molar-refractivity contribution in [1.29, 1.82) is 0 Å². The monoisotopic (exact) mass is 429 g/mol. The normalized spacial score (nSPS) is 10.7. The molecule has 4 rings (SSSR count). The first-order chi connectivity index (χ1) is 15.2. The van der Waals surface area contributed by atoms with E-state index in [9.17, 15) is 4.79 Å². The molecule has 156 valence electrons. The lowest BCUT2D eigenvalue weighted by Crippen LogP contribution is -2.15. The van der Waals surface area contributed by atoms with Gasteiger partial charge in [-0.1, -0.05) is 73.3 Å². The quantitative estimate of drug-likeness (QED) is 0.296. The van der Waals surface area contributed by atoms with Crippen LogP contribution < -0.4 is 10.1 Å². The second kappa shape index (κ2) is 10.1. The maximum absolute atomic E-state index is 12.6. The lowest BCUT2D eigenvalue weighted by molar-refractivity contribution is -0.113. The fourth-order valence-electron chi connectivity index (χ4n) is 3.20. The van der Waals surface area contributed by atoms with Gasteiger partial charge in [0, 0.05) is 11.1 Å². The molecule has 1 heterocycles. The molecule has 5 nitrogen and oxygen atoms in total. The molecule has 0 radical (unpaired) electrons. The van der Waals surface area contributed by atoms with E-state index in [-0.39, 0.29) is 18.3 Å². The summed E-state index contributed by atoms with van der Waals surface area (Å²) >= 11 is 1.41. The van der Waals surface area contributed by atoms with Gasteiger partial charge in [-0.05, 0) is 36.2 Å². The van der Waals surface area contributed by atoms with E-state index in [1.54, 1.807) is 0 Å². The van der Waals surface area contributed by atoms with E-state index in [0.717, 1.165) is 39.4 Å². The first-order valence-electron chi connectivity index (χ1n) is 10.2. The number of aromatic nitrogens is 2. The number of hydrogen-bond acceptors (Lipinski definition) is 5. The summed E-state index contributed by atoms with van der Waals surface area (Å²) in [6, 6.07) is 25.3. The van der Waals surface area contributed by atoms with Crippen molar-refractivity contribution in [3.8, 4) is 5.75 Å². The van der Waals surface area contributed by atoms with Gasteiger partial charge in [0.1, 0.15) is 17.4 Å². The average molecular weight is 430 g/mol. The summed E-state index contributed by atoms with van der Waals surface area (Å²) in [6.45, 7) is 2.34. The summed E-state index contributed by atoms with van der Waals surface area (Å²) in [4.78, 5) is 21.9. The van der Waals surface area contributed by atoms with Gasteiger partial charge in [0.25, 0.3) is 0 Å². The number of para-hydroxylation sites is 3. The van der Waals surface area contributed by atoms with Gasteiger partial charge >= 0.3 is 0 Å². The number of ether oxygens (including phenoxy) is 1. The van der Waals surface area contributed by atoms with Crippen molar-refractivity contribution >= 4 is 34.3 Å². The van der Waals surface area contributed by atoms with Crippen LogP contribution in [0, 0.1) is 0 Å². The molecule has 0 atom stereocenters. The van der Waals surface area contributed by atoms with Crippen LogP contribution >= 0.6 is 11.8 Å². The Morgan fingerprint density at radius 2 is 1.68 bits per heavy atom. The largest absolute Gasteiger partial charge is 0.486 e. The van der Waals surface area contributed by atoms with Crippen molar-refractivity contribution < 1.29 is 9.53 Å². The van der Waals surface area contributed by atoms with Gasteiger partial charge in [0.05, 0.1) is 11.3 Å². The molecular formula is C25H23N3O2S. The lowest BCUT2D eigenvalue weighted by Gasteiger charge is -2.11. The molecule has 0 saturated heterocycles. The molecule has 6 heteroatoms. The van der Waals surface area contributed by atoms with E-state index in [2.05, 4.69) is 22.2 Å². The first-order valence-corrected chi connectivity index (χ1v) is 11.2.